The molecule has 3 aromatic carbocycles. The standard InChI is InChI=1S/C30H26N2O4S/c1-3-36-25-15-18(11-14-24(25)33)16-26-29(34)32-28(20-8-6-9-21(17-20)35-2)23-13-12-19-7-4-5-10-22(19)27(23)31-30(32)37-26/h4-11,14-17,28,33H,3,12-13H2,1-2H3. The van der Waals surface area contributed by atoms with Gasteiger partial charge in [-0.2, -0.15) is 0 Å². The maximum absolute atomic E-state index is 13.9. The number of benzene rings is 3. The molecule has 0 amide bonds. The van der Waals surface area contributed by atoms with E-state index >= 15 is 0 Å². The predicted molar refractivity (Wildman–Crippen MR) is 145 cm³/mol. The maximum atomic E-state index is 13.9. The number of rotatable bonds is 5. The number of ether oxygens (including phenoxy) is 2. The molecule has 186 valence electrons. The largest absolute Gasteiger partial charge is 0.504 e. The number of methoxy groups -OCH3 is 1. The number of hydrogen-bond donors (Lipinski definition) is 1. The molecule has 0 radical (unpaired) electrons. The highest BCUT2D eigenvalue weighted by atomic mass is 32.1. The van der Waals surface area contributed by atoms with Gasteiger partial charge in [0.25, 0.3) is 5.56 Å². The third-order valence-corrected chi connectivity index (χ3v) is 7.85. The summed E-state index contributed by atoms with van der Waals surface area (Å²) in [6.07, 6.45) is 3.57. The molecule has 1 unspecified atom stereocenters. The van der Waals surface area contributed by atoms with Crippen LogP contribution in [0.1, 0.15) is 41.6 Å². The third-order valence-electron chi connectivity index (χ3n) is 6.86. The number of fused-ring (bicyclic) bond motifs is 3. The summed E-state index contributed by atoms with van der Waals surface area (Å²) in [5.41, 5.74) is 6.21. The van der Waals surface area contributed by atoms with Crippen molar-refractivity contribution in [2.24, 2.45) is 4.99 Å². The first-order valence-electron chi connectivity index (χ1n) is 12.3. The van der Waals surface area contributed by atoms with E-state index in [-0.39, 0.29) is 17.4 Å². The molecule has 0 saturated carbocycles. The van der Waals surface area contributed by atoms with E-state index in [4.69, 9.17) is 14.5 Å². The Kier molecular flexibility index (Phi) is 5.93. The Hall–Kier alpha value is -4.10. The van der Waals surface area contributed by atoms with Gasteiger partial charge in [-0.15, -0.1) is 0 Å². The Morgan fingerprint density at radius 2 is 1.97 bits per heavy atom. The quantitative estimate of drug-likeness (QED) is 0.431. The summed E-state index contributed by atoms with van der Waals surface area (Å²) in [6.45, 7) is 2.30. The van der Waals surface area contributed by atoms with Gasteiger partial charge in [0.2, 0.25) is 0 Å². The van der Waals surface area contributed by atoms with Crippen molar-refractivity contribution in [2.45, 2.75) is 25.8 Å². The number of thiazole rings is 1. The Labute approximate surface area is 218 Å². The highest BCUT2D eigenvalue weighted by Gasteiger charge is 2.32. The zero-order valence-corrected chi connectivity index (χ0v) is 21.4. The number of allylic oxidation sites excluding steroid dienone is 1. The van der Waals surface area contributed by atoms with Crippen molar-refractivity contribution in [3.05, 3.63) is 114 Å². The highest BCUT2D eigenvalue weighted by Crippen LogP contribution is 2.41. The van der Waals surface area contributed by atoms with Gasteiger partial charge in [-0.05, 0) is 72.4 Å². The number of phenols is 1. The van der Waals surface area contributed by atoms with Crippen LogP contribution in [0.2, 0.25) is 0 Å². The van der Waals surface area contributed by atoms with E-state index in [9.17, 15) is 9.90 Å². The molecule has 0 fully saturated rings. The van der Waals surface area contributed by atoms with Crippen LogP contribution >= 0.6 is 11.3 Å². The summed E-state index contributed by atoms with van der Waals surface area (Å²) in [6, 6.07) is 21.2. The van der Waals surface area contributed by atoms with E-state index < -0.39 is 0 Å². The van der Waals surface area contributed by atoms with Crippen molar-refractivity contribution < 1.29 is 14.6 Å². The molecule has 1 aliphatic heterocycles. The molecule has 4 aromatic rings. The molecule has 1 aliphatic carbocycles. The van der Waals surface area contributed by atoms with Gasteiger partial charge in [-0.1, -0.05) is 53.8 Å². The maximum Gasteiger partial charge on any atom is 0.271 e. The molecule has 1 aromatic heterocycles. The lowest BCUT2D eigenvalue weighted by molar-refractivity contribution is 0.318. The van der Waals surface area contributed by atoms with Crippen LogP contribution in [-0.4, -0.2) is 23.4 Å². The Morgan fingerprint density at radius 1 is 1.11 bits per heavy atom. The topological polar surface area (TPSA) is 73.0 Å². The molecule has 37 heavy (non-hydrogen) atoms. The zero-order chi connectivity index (χ0) is 25.5. The molecule has 2 aliphatic rings. The molecule has 1 N–H and O–H groups in total. The Morgan fingerprint density at radius 3 is 2.81 bits per heavy atom. The average Bonchev–Trinajstić information content (AvgIpc) is 3.23. The molecule has 0 bridgehead atoms. The fourth-order valence-corrected chi connectivity index (χ4v) is 6.18. The van der Waals surface area contributed by atoms with E-state index in [1.165, 1.54) is 16.9 Å². The van der Waals surface area contributed by atoms with Crippen molar-refractivity contribution in [1.29, 1.82) is 0 Å². The van der Waals surface area contributed by atoms with E-state index in [0.717, 1.165) is 46.6 Å². The minimum atomic E-state index is -0.268. The number of aromatic hydroxyl groups is 1. The lowest BCUT2D eigenvalue weighted by Crippen LogP contribution is -2.38. The van der Waals surface area contributed by atoms with Crippen LogP contribution in [0.25, 0.3) is 11.8 Å². The van der Waals surface area contributed by atoms with Gasteiger partial charge in [0.05, 0.1) is 30.0 Å². The number of aromatic nitrogens is 1. The fourth-order valence-electron chi connectivity index (χ4n) is 5.18. The van der Waals surface area contributed by atoms with Crippen molar-refractivity contribution >= 4 is 23.1 Å². The van der Waals surface area contributed by atoms with Crippen molar-refractivity contribution in [3.63, 3.8) is 0 Å². The fraction of sp³-hybridized carbons (Fsp3) is 0.200. The van der Waals surface area contributed by atoms with Gasteiger partial charge < -0.3 is 14.6 Å². The number of aryl methyl sites for hydroxylation is 1. The summed E-state index contributed by atoms with van der Waals surface area (Å²) < 4.78 is 13.5. The first kappa shape index (κ1) is 23.3. The molecule has 6 rings (SSSR count). The molecular weight excluding hydrogens is 484 g/mol. The van der Waals surface area contributed by atoms with Crippen LogP contribution < -0.4 is 24.4 Å². The second-order valence-corrected chi connectivity index (χ2v) is 10.1. The molecule has 2 heterocycles. The summed E-state index contributed by atoms with van der Waals surface area (Å²) >= 11 is 1.38. The molecule has 7 heteroatoms. The number of nitrogens with zero attached hydrogens (tertiary/aromatic N) is 2. The van der Waals surface area contributed by atoms with Crippen molar-refractivity contribution in [3.8, 4) is 17.2 Å². The summed E-state index contributed by atoms with van der Waals surface area (Å²) in [5.74, 6) is 1.22. The van der Waals surface area contributed by atoms with Gasteiger partial charge in [0, 0.05) is 5.56 Å². The minimum Gasteiger partial charge on any atom is -0.504 e. The Bertz CT molecular complexity index is 1730. The zero-order valence-electron chi connectivity index (χ0n) is 20.6. The Balaban J connectivity index is 1.58. The first-order chi connectivity index (χ1) is 18.1. The van der Waals surface area contributed by atoms with Crippen LogP contribution in [0, 0.1) is 0 Å². The van der Waals surface area contributed by atoms with E-state index in [0.29, 0.717) is 21.7 Å². The van der Waals surface area contributed by atoms with Gasteiger partial charge in [-0.25, -0.2) is 4.99 Å². The number of hydrogen-bond acceptors (Lipinski definition) is 6. The summed E-state index contributed by atoms with van der Waals surface area (Å²) in [4.78, 5) is 19.6. The number of phenolic OH excluding ortho intramolecular Hbond substituents is 1. The molecule has 0 saturated heterocycles. The third kappa shape index (κ3) is 4.05. The van der Waals surface area contributed by atoms with Crippen molar-refractivity contribution in [2.75, 3.05) is 13.7 Å². The SMILES string of the molecule is CCOc1cc(C=c2sc3n(c2=O)C(c2cccc(OC)c2)C2=C(N=3)c3ccccc3CC2)ccc1O. The van der Waals surface area contributed by atoms with Gasteiger partial charge in [0.15, 0.2) is 16.3 Å². The van der Waals surface area contributed by atoms with E-state index in [1.54, 1.807) is 25.3 Å². The summed E-state index contributed by atoms with van der Waals surface area (Å²) in [5, 5.41) is 10.1. The monoisotopic (exact) mass is 510 g/mol. The van der Waals surface area contributed by atoms with Crippen LogP contribution in [0.3, 0.4) is 0 Å². The second kappa shape index (κ2) is 9.41. The molecular formula is C30H26N2O4S. The average molecular weight is 511 g/mol. The van der Waals surface area contributed by atoms with Gasteiger partial charge >= 0.3 is 0 Å². The second-order valence-electron chi connectivity index (χ2n) is 9.05. The molecule has 0 spiro atoms. The van der Waals surface area contributed by atoms with Gasteiger partial charge in [0.1, 0.15) is 5.75 Å². The van der Waals surface area contributed by atoms with Crippen LogP contribution in [-0.2, 0) is 6.42 Å². The van der Waals surface area contributed by atoms with Crippen LogP contribution in [0.15, 0.2) is 82.1 Å². The smallest absolute Gasteiger partial charge is 0.271 e. The summed E-state index contributed by atoms with van der Waals surface area (Å²) in [7, 11) is 1.65. The normalized spacial score (nSPS) is 16.5. The van der Waals surface area contributed by atoms with Crippen LogP contribution in [0.4, 0.5) is 0 Å². The predicted octanol–water partition coefficient (Wildman–Crippen LogP) is 4.43. The van der Waals surface area contributed by atoms with E-state index in [2.05, 4.69) is 24.3 Å². The minimum absolute atomic E-state index is 0.0739. The van der Waals surface area contributed by atoms with Crippen LogP contribution in [0.5, 0.6) is 17.2 Å². The van der Waals surface area contributed by atoms with E-state index in [1.807, 2.05) is 41.8 Å². The highest BCUT2D eigenvalue weighted by molar-refractivity contribution is 7.07. The van der Waals surface area contributed by atoms with Gasteiger partial charge in [-0.3, -0.25) is 9.36 Å². The lowest BCUT2D eigenvalue weighted by atomic mass is 9.83. The molecule has 1 atom stereocenters. The van der Waals surface area contributed by atoms with Crippen molar-refractivity contribution in [1.82, 2.24) is 4.57 Å². The lowest BCUT2D eigenvalue weighted by Gasteiger charge is -2.31. The molecule has 6 nitrogen and oxygen atoms in total. The first-order valence-corrected chi connectivity index (χ1v) is 13.1.